The minimum Gasteiger partial charge on any atom is -0.358 e. The maximum atomic E-state index is 9.75. The zero-order chi connectivity index (χ0) is 16.8. The third kappa shape index (κ3) is 3.55. The molecule has 0 bridgehead atoms. The molecule has 1 aliphatic heterocycles. The largest absolute Gasteiger partial charge is 0.358 e. The molecule has 2 aromatic rings. The van der Waals surface area contributed by atoms with Crippen molar-refractivity contribution >= 4 is 17.3 Å². The molecule has 1 aromatic heterocycles. The summed E-state index contributed by atoms with van der Waals surface area (Å²) in [6.07, 6.45) is 5.18. The van der Waals surface area contributed by atoms with Crippen molar-refractivity contribution in [2.45, 2.75) is 24.8 Å². The van der Waals surface area contributed by atoms with Crippen molar-refractivity contribution in [2.24, 2.45) is 0 Å². The fourth-order valence-corrected chi connectivity index (χ4v) is 3.36. The van der Waals surface area contributed by atoms with Gasteiger partial charge in [0.1, 0.15) is 0 Å². The highest BCUT2D eigenvalue weighted by Crippen LogP contribution is 2.34. The molecule has 1 N–H and O–H groups in total. The molecule has 5 heteroatoms. The predicted octanol–water partition coefficient (Wildman–Crippen LogP) is 3.01. The highest BCUT2D eigenvalue weighted by atomic mass is 32.1. The smallest absolute Gasteiger partial charge is 0.169 e. The zero-order valence-corrected chi connectivity index (χ0v) is 14.3. The zero-order valence-electron chi connectivity index (χ0n) is 13.5. The second-order valence-electron chi connectivity index (χ2n) is 6.07. The summed E-state index contributed by atoms with van der Waals surface area (Å²) in [5.41, 5.74) is 1.82. The van der Waals surface area contributed by atoms with Crippen molar-refractivity contribution in [3.63, 3.8) is 0 Å². The van der Waals surface area contributed by atoms with Gasteiger partial charge in [0.2, 0.25) is 0 Å². The molecule has 2 heterocycles. The van der Waals surface area contributed by atoms with E-state index in [2.05, 4.69) is 33.4 Å². The fourth-order valence-electron chi connectivity index (χ4n) is 3.11. The van der Waals surface area contributed by atoms with Gasteiger partial charge in [0.15, 0.2) is 5.11 Å². The summed E-state index contributed by atoms with van der Waals surface area (Å²) < 4.78 is 0. The number of nitrogens with zero attached hydrogens (tertiary/aromatic N) is 3. The van der Waals surface area contributed by atoms with Crippen LogP contribution in [0.1, 0.15) is 24.0 Å². The molecule has 0 atom stereocenters. The summed E-state index contributed by atoms with van der Waals surface area (Å²) in [5.74, 6) is 0. The Hall–Kier alpha value is -2.45. The monoisotopic (exact) mass is 336 g/mol. The van der Waals surface area contributed by atoms with Crippen LogP contribution in [0.5, 0.6) is 0 Å². The number of piperidine rings is 1. The number of hydrogen-bond donors (Lipinski definition) is 1. The summed E-state index contributed by atoms with van der Waals surface area (Å²) in [6.45, 7) is 2.26. The molecule has 0 saturated carbocycles. The number of pyridine rings is 1. The molecular formula is C19H20N4S. The van der Waals surface area contributed by atoms with Crippen molar-refractivity contribution in [1.29, 1.82) is 5.26 Å². The van der Waals surface area contributed by atoms with Gasteiger partial charge >= 0.3 is 0 Å². The third-order valence-electron chi connectivity index (χ3n) is 4.61. The molecular weight excluding hydrogens is 316 g/mol. The first-order valence-corrected chi connectivity index (χ1v) is 8.53. The van der Waals surface area contributed by atoms with Crippen LogP contribution in [0.2, 0.25) is 0 Å². The Morgan fingerprint density at radius 1 is 1.21 bits per heavy atom. The van der Waals surface area contributed by atoms with E-state index < -0.39 is 5.41 Å². The summed E-state index contributed by atoms with van der Waals surface area (Å²) in [4.78, 5) is 6.26. The van der Waals surface area contributed by atoms with Crippen LogP contribution in [-0.4, -0.2) is 28.1 Å². The maximum absolute atomic E-state index is 9.75. The van der Waals surface area contributed by atoms with Crippen LogP contribution < -0.4 is 5.32 Å². The van der Waals surface area contributed by atoms with Gasteiger partial charge < -0.3 is 10.2 Å². The molecule has 0 amide bonds. The first-order chi connectivity index (χ1) is 11.7. The van der Waals surface area contributed by atoms with Crippen LogP contribution in [0.4, 0.5) is 0 Å². The van der Waals surface area contributed by atoms with Crippen LogP contribution in [0.25, 0.3) is 0 Å². The van der Waals surface area contributed by atoms with Crippen LogP contribution in [0.15, 0.2) is 54.9 Å². The van der Waals surface area contributed by atoms with Crippen LogP contribution in [0.3, 0.4) is 0 Å². The van der Waals surface area contributed by atoms with Crippen molar-refractivity contribution in [3.8, 4) is 6.07 Å². The summed E-state index contributed by atoms with van der Waals surface area (Å²) in [7, 11) is 0. The SMILES string of the molecule is N#CC1(c2ccccc2)CCN(C(=S)NCc2cccnc2)CC1. The van der Waals surface area contributed by atoms with Gasteiger partial charge in [-0.25, -0.2) is 0 Å². The lowest BCUT2D eigenvalue weighted by molar-refractivity contribution is 0.267. The standard InChI is InChI=1S/C19H20N4S/c20-15-19(17-6-2-1-3-7-17)8-11-23(12-9-19)18(24)22-14-16-5-4-10-21-13-16/h1-7,10,13H,8-9,11-12,14H2,(H,22,24). The molecule has 24 heavy (non-hydrogen) atoms. The third-order valence-corrected chi connectivity index (χ3v) is 5.01. The number of aromatic nitrogens is 1. The molecule has 1 aromatic carbocycles. The molecule has 1 saturated heterocycles. The van der Waals surface area contributed by atoms with Gasteiger partial charge in [-0.3, -0.25) is 4.98 Å². The first-order valence-electron chi connectivity index (χ1n) is 8.12. The average Bonchev–Trinajstić information content (AvgIpc) is 2.67. The normalized spacial score (nSPS) is 16.2. The van der Waals surface area contributed by atoms with E-state index >= 15 is 0 Å². The van der Waals surface area contributed by atoms with Gasteiger partial charge in [-0.15, -0.1) is 0 Å². The number of likely N-dealkylation sites (tertiary alicyclic amines) is 1. The van der Waals surface area contributed by atoms with Crippen molar-refractivity contribution in [2.75, 3.05) is 13.1 Å². The Bertz CT molecular complexity index is 716. The Morgan fingerprint density at radius 3 is 2.58 bits per heavy atom. The molecule has 1 aliphatic rings. The highest BCUT2D eigenvalue weighted by Gasteiger charge is 2.36. The second kappa shape index (κ2) is 7.41. The number of rotatable bonds is 3. The van der Waals surface area contributed by atoms with Crippen molar-refractivity contribution in [1.82, 2.24) is 15.2 Å². The number of benzene rings is 1. The Morgan fingerprint density at radius 2 is 1.96 bits per heavy atom. The number of thiocarbonyl (C=S) groups is 1. The van der Waals surface area contributed by atoms with E-state index in [0.29, 0.717) is 6.54 Å². The van der Waals surface area contributed by atoms with Gasteiger partial charge in [0, 0.05) is 32.0 Å². The molecule has 0 radical (unpaired) electrons. The van der Waals surface area contributed by atoms with Gasteiger partial charge in [0.25, 0.3) is 0 Å². The number of nitrogens with one attached hydrogen (secondary N) is 1. The molecule has 0 unspecified atom stereocenters. The summed E-state index contributed by atoms with van der Waals surface area (Å²) >= 11 is 5.51. The molecule has 0 aliphatic carbocycles. The van der Waals surface area contributed by atoms with E-state index in [0.717, 1.165) is 42.2 Å². The molecule has 0 spiro atoms. The highest BCUT2D eigenvalue weighted by molar-refractivity contribution is 7.80. The van der Waals surface area contributed by atoms with Crippen LogP contribution in [0, 0.1) is 11.3 Å². The lowest BCUT2D eigenvalue weighted by atomic mass is 9.74. The van der Waals surface area contributed by atoms with Crippen LogP contribution >= 0.6 is 12.2 Å². The number of hydrogen-bond acceptors (Lipinski definition) is 3. The van der Waals surface area contributed by atoms with Crippen molar-refractivity contribution in [3.05, 3.63) is 66.0 Å². The van der Waals surface area contributed by atoms with E-state index in [-0.39, 0.29) is 0 Å². The summed E-state index contributed by atoms with van der Waals surface area (Å²) in [6, 6.07) is 16.6. The van der Waals surface area contributed by atoms with E-state index in [4.69, 9.17) is 12.2 Å². The molecule has 3 rings (SSSR count). The average molecular weight is 336 g/mol. The van der Waals surface area contributed by atoms with Gasteiger partial charge in [0.05, 0.1) is 11.5 Å². The van der Waals surface area contributed by atoms with Gasteiger partial charge in [-0.05, 0) is 42.3 Å². The fraction of sp³-hybridized carbons (Fsp3) is 0.316. The van der Waals surface area contributed by atoms with E-state index in [9.17, 15) is 5.26 Å². The summed E-state index contributed by atoms with van der Waals surface area (Å²) in [5, 5.41) is 13.8. The van der Waals surface area contributed by atoms with E-state index in [1.165, 1.54) is 0 Å². The molecule has 122 valence electrons. The Balaban J connectivity index is 1.58. The topological polar surface area (TPSA) is 52.0 Å². The van der Waals surface area contributed by atoms with Crippen LogP contribution in [-0.2, 0) is 12.0 Å². The van der Waals surface area contributed by atoms with Crippen molar-refractivity contribution < 1.29 is 0 Å². The lowest BCUT2D eigenvalue weighted by Gasteiger charge is -2.38. The Labute approximate surface area is 148 Å². The minimum absolute atomic E-state index is 0.392. The number of nitriles is 1. The molecule has 4 nitrogen and oxygen atoms in total. The minimum atomic E-state index is -0.392. The van der Waals surface area contributed by atoms with Gasteiger partial charge in [-0.1, -0.05) is 36.4 Å². The van der Waals surface area contributed by atoms with E-state index in [1.54, 1.807) is 6.20 Å². The molecule has 1 fully saturated rings. The lowest BCUT2D eigenvalue weighted by Crippen LogP contribution is -2.48. The quantitative estimate of drug-likeness (QED) is 0.873. The maximum Gasteiger partial charge on any atom is 0.169 e. The predicted molar refractivity (Wildman–Crippen MR) is 98.2 cm³/mol. The Kier molecular flexibility index (Phi) is 5.07. The second-order valence-corrected chi connectivity index (χ2v) is 6.45. The van der Waals surface area contributed by atoms with E-state index in [1.807, 2.05) is 36.5 Å². The van der Waals surface area contributed by atoms with Gasteiger partial charge in [-0.2, -0.15) is 5.26 Å². The first kappa shape index (κ1) is 16.4.